The maximum Gasteiger partial charge on any atom is 0.376 e. The first kappa shape index (κ1) is 15.1. The topological polar surface area (TPSA) is 78.6 Å². The summed E-state index contributed by atoms with van der Waals surface area (Å²) in [4.78, 5) is 27.3. The minimum Gasteiger partial charge on any atom is -0.464 e. The molecule has 0 saturated carbocycles. The summed E-state index contributed by atoms with van der Waals surface area (Å²) in [5.74, 6) is -1.78. The van der Waals surface area contributed by atoms with Crippen molar-refractivity contribution in [3.8, 4) is 11.5 Å². The van der Waals surface area contributed by atoms with Crippen molar-refractivity contribution in [3.05, 3.63) is 40.2 Å². The van der Waals surface area contributed by atoms with E-state index >= 15 is 0 Å². The van der Waals surface area contributed by atoms with Gasteiger partial charge < -0.3 is 13.9 Å². The lowest BCUT2D eigenvalue weighted by molar-refractivity contribution is 0.0527. The molecule has 1 aromatic heterocycles. The molecule has 7 heteroatoms. The molecule has 110 valence electrons. The van der Waals surface area contributed by atoms with Gasteiger partial charge in [0.2, 0.25) is 17.3 Å². The average Bonchev–Trinajstić information content (AvgIpc) is 2.93. The Kier molecular flexibility index (Phi) is 4.28. The van der Waals surface area contributed by atoms with Crippen LogP contribution in [0.25, 0.3) is 11.5 Å². The fourth-order valence-electron chi connectivity index (χ4n) is 1.69. The summed E-state index contributed by atoms with van der Waals surface area (Å²) in [5.41, 5.74) is 1.16. The summed E-state index contributed by atoms with van der Waals surface area (Å²) in [6.45, 7) is 1.82. The summed E-state index contributed by atoms with van der Waals surface area (Å²) in [6, 6.07) is 5.08. The molecule has 2 rings (SSSR count). The SMILES string of the molecule is COC(=O)c1nc(-c2ccc(Cl)c(C)c2)oc1C(=O)OC. The maximum atomic E-state index is 11.6. The molecule has 1 aromatic carbocycles. The number of nitrogens with zero attached hydrogens (tertiary/aromatic N) is 1. The largest absolute Gasteiger partial charge is 0.464 e. The second-order valence-corrected chi connectivity index (χ2v) is 4.55. The molecule has 2 aromatic rings. The number of hydrogen-bond donors (Lipinski definition) is 0. The van der Waals surface area contributed by atoms with Crippen molar-refractivity contribution < 1.29 is 23.5 Å². The molecule has 0 aliphatic rings. The van der Waals surface area contributed by atoms with Gasteiger partial charge in [-0.3, -0.25) is 0 Å². The van der Waals surface area contributed by atoms with Crippen molar-refractivity contribution in [1.29, 1.82) is 0 Å². The highest BCUT2D eigenvalue weighted by Gasteiger charge is 2.27. The van der Waals surface area contributed by atoms with E-state index in [0.29, 0.717) is 10.6 Å². The molecule has 0 unspecified atom stereocenters. The first-order chi connectivity index (χ1) is 9.97. The number of carbonyl (C=O) groups excluding carboxylic acids is 2. The predicted octanol–water partition coefficient (Wildman–Crippen LogP) is 2.88. The van der Waals surface area contributed by atoms with Crippen LogP contribution in [0.4, 0.5) is 0 Å². The lowest BCUT2D eigenvalue weighted by Gasteiger charge is -1.99. The fourth-order valence-corrected chi connectivity index (χ4v) is 1.80. The van der Waals surface area contributed by atoms with Crippen molar-refractivity contribution in [2.75, 3.05) is 14.2 Å². The molecule has 0 aliphatic carbocycles. The third-order valence-electron chi connectivity index (χ3n) is 2.78. The zero-order valence-electron chi connectivity index (χ0n) is 11.6. The highest BCUT2D eigenvalue weighted by Crippen LogP contribution is 2.26. The van der Waals surface area contributed by atoms with Crippen LogP contribution < -0.4 is 0 Å². The number of esters is 2. The van der Waals surface area contributed by atoms with E-state index in [1.54, 1.807) is 18.2 Å². The molecule has 6 nitrogen and oxygen atoms in total. The smallest absolute Gasteiger partial charge is 0.376 e. The summed E-state index contributed by atoms with van der Waals surface area (Å²) >= 11 is 5.95. The highest BCUT2D eigenvalue weighted by atomic mass is 35.5. The molecule has 0 bridgehead atoms. The number of carbonyl (C=O) groups is 2. The van der Waals surface area contributed by atoms with Crippen LogP contribution in [0.1, 0.15) is 26.6 Å². The summed E-state index contributed by atoms with van der Waals surface area (Å²) in [6.07, 6.45) is 0. The minimum absolute atomic E-state index is 0.107. The van der Waals surface area contributed by atoms with Gasteiger partial charge in [-0.15, -0.1) is 0 Å². The summed E-state index contributed by atoms with van der Waals surface area (Å²) in [7, 11) is 2.36. The zero-order chi connectivity index (χ0) is 15.6. The third kappa shape index (κ3) is 2.90. The molecule has 0 spiro atoms. The van der Waals surface area contributed by atoms with Gasteiger partial charge in [0.1, 0.15) is 0 Å². The maximum absolute atomic E-state index is 11.6. The second kappa shape index (κ2) is 5.97. The van der Waals surface area contributed by atoms with Gasteiger partial charge in [0.15, 0.2) is 0 Å². The summed E-state index contributed by atoms with van der Waals surface area (Å²) in [5, 5.41) is 0.590. The van der Waals surface area contributed by atoms with Crippen LogP contribution in [0, 0.1) is 6.92 Å². The van der Waals surface area contributed by atoms with Crippen LogP contribution in [-0.4, -0.2) is 31.1 Å². The standard InChI is InChI=1S/C14H12ClNO5/c1-7-6-8(4-5-9(7)15)12-16-10(13(17)19-2)11(21-12)14(18)20-3/h4-6H,1-3H3. The molecular weight excluding hydrogens is 298 g/mol. The quantitative estimate of drug-likeness (QED) is 0.811. The molecule has 0 atom stereocenters. The van der Waals surface area contributed by atoms with Gasteiger partial charge in [0.05, 0.1) is 14.2 Å². The Hall–Kier alpha value is -2.34. The van der Waals surface area contributed by atoms with Crippen LogP contribution >= 0.6 is 11.6 Å². The van der Waals surface area contributed by atoms with E-state index in [4.69, 9.17) is 16.0 Å². The van der Waals surface area contributed by atoms with Gasteiger partial charge in [-0.2, -0.15) is 0 Å². The normalized spacial score (nSPS) is 10.3. The van der Waals surface area contributed by atoms with E-state index in [1.165, 1.54) is 14.2 Å². The van der Waals surface area contributed by atoms with Crippen molar-refractivity contribution in [2.45, 2.75) is 6.92 Å². The Bertz CT molecular complexity index is 674. The van der Waals surface area contributed by atoms with Crippen LogP contribution in [0.5, 0.6) is 0 Å². The van der Waals surface area contributed by atoms with Gasteiger partial charge in [0, 0.05) is 10.6 Å². The van der Waals surface area contributed by atoms with Gasteiger partial charge >= 0.3 is 11.9 Å². The number of oxazole rings is 1. The Morgan fingerprint density at radius 3 is 2.43 bits per heavy atom. The average molecular weight is 310 g/mol. The number of aromatic nitrogens is 1. The lowest BCUT2D eigenvalue weighted by atomic mass is 10.1. The Labute approximate surface area is 125 Å². The number of methoxy groups -OCH3 is 2. The Balaban J connectivity index is 2.55. The highest BCUT2D eigenvalue weighted by molar-refractivity contribution is 6.31. The van der Waals surface area contributed by atoms with Crippen LogP contribution in [0.2, 0.25) is 5.02 Å². The third-order valence-corrected chi connectivity index (χ3v) is 3.21. The Morgan fingerprint density at radius 2 is 1.86 bits per heavy atom. The van der Waals surface area contributed by atoms with E-state index in [2.05, 4.69) is 14.5 Å². The van der Waals surface area contributed by atoms with Gasteiger partial charge in [-0.25, -0.2) is 14.6 Å². The molecule has 0 saturated heterocycles. The van der Waals surface area contributed by atoms with Crippen molar-refractivity contribution in [1.82, 2.24) is 4.98 Å². The molecule has 0 N–H and O–H groups in total. The van der Waals surface area contributed by atoms with Gasteiger partial charge in [-0.1, -0.05) is 11.6 Å². The van der Waals surface area contributed by atoms with Gasteiger partial charge in [0.25, 0.3) is 0 Å². The van der Waals surface area contributed by atoms with Crippen LogP contribution in [-0.2, 0) is 9.47 Å². The molecule has 0 aliphatic heterocycles. The number of hydrogen-bond acceptors (Lipinski definition) is 6. The molecule has 0 fully saturated rings. The monoisotopic (exact) mass is 309 g/mol. The van der Waals surface area contributed by atoms with Gasteiger partial charge in [-0.05, 0) is 30.7 Å². The van der Waals surface area contributed by atoms with Crippen molar-refractivity contribution in [2.24, 2.45) is 0 Å². The molecule has 0 amide bonds. The van der Waals surface area contributed by atoms with E-state index in [9.17, 15) is 9.59 Å². The van der Waals surface area contributed by atoms with E-state index < -0.39 is 11.9 Å². The number of ether oxygens (including phenoxy) is 2. The van der Waals surface area contributed by atoms with Crippen LogP contribution in [0.15, 0.2) is 22.6 Å². The Morgan fingerprint density at radius 1 is 1.19 bits per heavy atom. The van der Waals surface area contributed by atoms with E-state index in [1.807, 2.05) is 6.92 Å². The first-order valence-corrected chi connectivity index (χ1v) is 6.29. The van der Waals surface area contributed by atoms with Crippen molar-refractivity contribution >= 4 is 23.5 Å². The zero-order valence-corrected chi connectivity index (χ0v) is 12.4. The fraction of sp³-hybridized carbons (Fsp3) is 0.214. The molecule has 1 heterocycles. The first-order valence-electron chi connectivity index (χ1n) is 5.92. The number of benzene rings is 1. The molecule has 0 radical (unpaired) electrons. The number of rotatable bonds is 3. The van der Waals surface area contributed by atoms with Crippen LogP contribution in [0.3, 0.4) is 0 Å². The predicted molar refractivity (Wildman–Crippen MR) is 74.4 cm³/mol. The minimum atomic E-state index is -0.806. The van der Waals surface area contributed by atoms with E-state index in [0.717, 1.165) is 5.56 Å². The van der Waals surface area contributed by atoms with E-state index in [-0.39, 0.29) is 17.3 Å². The number of halogens is 1. The second-order valence-electron chi connectivity index (χ2n) is 4.14. The van der Waals surface area contributed by atoms with Crippen molar-refractivity contribution in [3.63, 3.8) is 0 Å². The number of aryl methyl sites for hydroxylation is 1. The molecular formula is C14H12ClNO5. The lowest BCUT2D eigenvalue weighted by Crippen LogP contribution is -2.10. The summed E-state index contributed by atoms with van der Waals surface area (Å²) < 4.78 is 14.5. The molecule has 21 heavy (non-hydrogen) atoms.